The molecule has 2 N–H and O–H groups in total. The fourth-order valence-electron chi connectivity index (χ4n) is 2.45. The minimum Gasteiger partial charge on any atom is -0.346 e. The number of carbonyl (C=O) groups excluding carboxylic acids is 1. The molecular formula is C16H24N4OS2. The third kappa shape index (κ3) is 4.51. The molecule has 2 heterocycles. The van der Waals surface area contributed by atoms with E-state index in [9.17, 15) is 4.79 Å². The van der Waals surface area contributed by atoms with Crippen molar-refractivity contribution >= 4 is 29.5 Å². The number of nitrogens with one attached hydrogen (secondary N) is 2. The first kappa shape index (κ1) is 17.9. The van der Waals surface area contributed by atoms with Crippen molar-refractivity contribution in [3.8, 4) is 0 Å². The number of amides is 1. The molecule has 0 fully saturated rings. The Morgan fingerprint density at radius 3 is 2.83 bits per heavy atom. The summed E-state index contributed by atoms with van der Waals surface area (Å²) < 4.78 is 2.27. The van der Waals surface area contributed by atoms with Gasteiger partial charge < -0.3 is 5.32 Å². The van der Waals surface area contributed by atoms with E-state index in [4.69, 9.17) is 12.2 Å². The molecule has 7 heteroatoms. The second-order valence-electron chi connectivity index (χ2n) is 6.66. The van der Waals surface area contributed by atoms with Gasteiger partial charge in [0.05, 0.1) is 6.04 Å². The van der Waals surface area contributed by atoms with Crippen molar-refractivity contribution in [2.24, 2.45) is 5.41 Å². The number of hydrogen-bond acceptors (Lipinski definition) is 4. The summed E-state index contributed by atoms with van der Waals surface area (Å²) in [5.41, 5.74) is -0.0649. The number of H-pyrrole nitrogens is 1. The number of rotatable bonds is 6. The number of nitrogens with zero attached hydrogens (tertiary/aromatic N) is 2. The first-order valence-electron chi connectivity index (χ1n) is 7.79. The molecule has 0 bridgehead atoms. The number of aromatic nitrogens is 3. The van der Waals surface area contributed by atoms with Crippen molar-refractivity contribution < 1.29 is 4.79 Å². The highest BCUT2D eigenvalue weighted by atomic mass is 32.1. The van der Waals surface area contributed by atoms with Crippen molar-refractivity contribution in [3.63, 3.8) is 0 Å². The number of aryl methyl sites for hydroxylation is 1. The summed E-state index contributed by atoms with van der Waals surface area (Å²) in [7, 11) is 0. The maximum Gasteiger partial charge on any atom is 0.240 e. The predicted molar refractivity (Wildman–Crippen MR) is 96.1 cm³/mol. The number of aromatic amines is 1. The second-order valence-corrected chi connectivity index (χ2v) is 8.03. The van der Waals surface area contributed by atoms with Gasteiger partial charge in [0.25, 0.3) is 0 Å². The van der Waals surface area contributed by atoms with Gasteiger partial charge >= 0.3 is 0 Å². The molecule has 1 atom stereocenters. The van der Waals surface area contributed by atoms with Crippen LogP contribution in [0.25, 0.3) is 0 Å². The van der Waals surface area contributed by atoms with Gasteiger partial charge in [-0.1, -0.05) is 33.8 Å². The van der Waals surface area contributed by atoms with E-state index in [1.165, 1.54) is 0 Å². The molecule has 0 aliphatic heterocycles. The Labute approximate surface area is 146 Å². The summed E-state index contributed by atoms with van der Waals surface area (Å²) in [5.74, 6) is 0.782. The molecule has 2 aromatic rings. The second kappa shape index (κ2) is 7.40. The van der Waals surface area contributed by atoms with Crippen molar-refractivity contribution in [2.45, 2.75) is 53.1 Å². The summed E-state index contributed by atoms with van der Waals surface area (Å²) in [6, 6.07) is 4.05. The van der Waals surface area contributed by atoms with Crippen LogP contribution in [-0.4, -0.2) is 20.7 Å². The van der Waals surface area contributed by atoms with Crippen LogP contribution in [0.5, 0.6) is 0 Å². The van der Waals surface area contributed by atoms with Crippen molar-refractivity contribution in [3.05, 3.63) is 33.0 Å². The highest BCUT2D eigenvalue weighted by Crippen LogP contribution is 2.35. The lowest BCUT2D eigenvalue weighted by Gasteiger charge is -2.30. The van der Waals surface area contributed by atoms with Gasteiger partial charge in [-0.15, -0.1) is 11.3 Å². The summed E-state index contributed by atoms with van der Waals surface area (Å²) in [5, 5.41) is 12.2. The minimum absolute atomic E-state index is 0.0225. The van der Waals surface area contributed by atoms with Gasteiger partial charge in [-0.25, -0.2) is 0 Å². The van der Waals surface area contributed by atoms with Gasteiger partial charge in [0.2, 0.25) is 5.91 Å². The topological polar surface area (TPSA) is 62.7 Å². The van der Waals surface area contributed by atoms with E-state index in [-0.39, 0.29) is 23.9 Å². The van der Waals surface area contributed by atoms with E-state index in [1.807, 2.05) is 11.4 Å². The van der Waals surface area contributed by atoms with Crippen LogP contribution in [0.3, 0.4) is 0 Å². The number of thiophene rings is 1. The van der Waals surface area contributed by atoms with E-state index in [0.29, 0.717) is 4.77 Å². The van der Waals surface area contributed by atoms with Gasteiger partial charge in [0.1, 0.15) is 12.4 Å². The van der Waals surface area contributed by atoms with Crippen LogP contribution in [0.1, 0.15) is 50.9 Å². The quantitative estimate of drug-likeness (QED) is 0.776. The third-order valence-electron chi connectivity index (χ3n) is 3.61. The molecule has 5 nitrogen and oxygen atoms in total. The summed E-state index contributed by atoms with van der Waals surface area (Å²) in [6.45, 7) is 8.66. The lowest BCUT2D eigenvalue weighted by Crippen LogP contribution is -2.38. The molecule has 23 heavy (non-hydrogen) atoms. The molecule has 2 rings (SSSR count). The third-order valence-corrected chi connectivity index (χ3v) is 4.86. The largest absolute Gasteiger partial charge is 0.346 e. The number of carbonyl (C=O) groups is 1. The molecule has 2 aromatic heterocycles. The Morgan fingerprint density at radius 1 is 1.52 bits per heavy atom. The molecule has 126 valence electrons. The normalized spacial score (nSPS) is 13.0. The zero-order valence-corrected chi connectivity index (χ0v) is 15.7. The molecule has 0 aliphatic carbocycles. The average molecular weight is 353 g/mol. The first-order chi connectivity index (χ1) is 10.8. The van der Waals surface area contributed by atoms with Crippen LogP contribution in [0.4, 0.5) is 0 Å². The van der Waals surface area contributed by atoms with E-state index >= 15 is 0 Å². The fraction of sp³-hybridized carbons (Fsp3) is 0.562. The predicted octanol–water partition coefficient (Wildman–Crippen LogP) is 3.86. The van der Waals surface area contributed by atoms with Crippen molar-refractivity contribution in [1.82, 2.24) is 20.1 Å². The SMILES string of the molecule is CCCc1n[nH]c(=S)n1CC(=O)N[C@H](c1cccs1)C(C)(C)C. The zero-order chi connectivity index (χ0) is 17.0. The van der Waals surface area contributed by atoms with Gasteiger partial charge in [-0.2, -0.15) is 5.10 Å². The first-order valence-corrected chi connectivity index (χ1v) is 9.08. The highest BCUT2D eigenvalue weighted by molar-refractivity contribution is 7.71. The van der Waals surface area contributed by atoms with E-state index < -0.39 is 0 Å². The fourth-order valence-corrected chi connectivity index (χ4v) is 3.68. The molecular weight excluding hydrogens is 328 g/mol. The van der Waals surface area contributed by atoms with Crippen LogP contribution in [0.15, 0.2) is 17.5 Å². The van der Waals surface area contributed by atoms with Crippen LogP contribution in [-0.2, 0) is 17.8 Å². The molecule has 0 saturated carbocycles. The average Bonchev–Trinajstić information content (AvgIpc) is 3.09. The summed E-state index contributed by atoms with van der Waals surface area (Å²) in [4.78, 5) is 13.7. The molecule has 0 spiro atoms. The van der Waals surface area contributed by atoms with Crippen LogP contribution >= 0.6 is 23.6 Å². The Balaban J connectivity index is 2.15. The Bertz CT molecular complexity index is 694. The maximum absolute atomic E-state index is 12.6. The van der Waals surface area contributed by atoms with Crippen LogP contribution < -0.4 is 5.32 Å². The Hall–Kier alpha value is -1.47. The minimum atomic E-state index is -0.0649. The molecule has 0 aromatic carbocycles. The van der Waals surface area contributed by atoms with Gasteiger partial charge in [-0.3, -0.25) is 14.5 Å². The number of hydrogen-bond donors (Lipinski definition) is 2. The zero-order valence-electron chi connectivity index (χ0n) is 14.0. The van der Waals surface area contributed by atoms with Crippen LogP contribution in [0, 0.1) is 10.2 Å². The lowest BCUT2D eigenvalue weighted by atomic mass is 9.85. The van der Waals surface area contributed by atoms with Crippen molar-refractivity contribution in [1.29, 1.82) is 0 Å². The summed E-state index contributed by atoms with van der Waals surface area (Å²) in [6.07, 6.45) is 1.76. The molecule has 1 amide bonds. The molecule has 0 aliphatic rings. The maximum atomic E-state index is 12.6. The Morgan fingerprint density at radius 2 is 2.26 bits per heavy atom. The Kier molecular flexibility index (Phi) is 5.75. The van der Waals surface area contributed by atoms with Gasteiger partial charge in [0, 0.05) is 11.3 Å². The van der Waals surface area contributed by atoms with E-state index in [2.05, 4.69) is 49.3 Å². The molecule has 0 saturated heterocycles. The lowest BCUT2D eigenvalue weighted by molar-refractivity contribution is -0.123. The molecule has 0 radical (unpaired) electrons. The monoisotopic (exact) mass is 352 g/mol. The van der Waals surface area contributed by atoms with Gasteiger partial charge in [-0.05, 0) is 35.5 Å². The molecule has 0 unspecified atom stereocenters. The van der Waals surface area contributed by atoms with Crippen LogP contribution in [0.2, 0.25) is 0 Å². The van der Waals surface area contributed by atoms with Crippen molar-refractivity contribution in [2.75, 3.05) is 0 Å². The van der Waals surface area contributed by atoms with Gasteiger partial charge in [0.15, 0.2) is 4.77 Å². The van der Waals surface area contributed by atoms with E-state index in [1.54, 1.807) is 15.9 Å². The standard InChI is InChI=1S/C16H24N4OS2/c1-5-7-12-18-19-15(22)20(12)10-13(21)17-14(16(2,3)4)11-8-6-9-23-11/h6,8-9,14H,5,7,10H2,1-4H3,(H,17,21)(H,19,22)/t14-/m1/s1. The van der Waals surface area contributed by atoms with E-state index in [0.717, 1.165) is 23.5 Å². The summed E-state index contributed by atoms with van der Waals surface area (Å²) >= 11 is 6.90. The smallest absolute Gasteiger partial charge is 0.240 e. The highest BCUT2D eigenvalue weighted by Gasteiger charge is 2.28.